The zero-order valence-electron chi connectivity index (χ0n) is 25.7. The summed E-state index contributed by atoms with van der Waals surface area (Å²) in [5, 5.41) is 4.06. The van der Waals surface area contributed by atoms with Crippen LogP contribution in [0.1, 0.15) is 27.7 Å². The number of pyridine rings is 1. The average Bonchev–Trinajstić information content (AvgIpc) is 2.98. The molecule has 3 aromatic rings. The second kappa shape index (κ2) is 13.5. The molecule has 1 N–H and O–H groups in total. The Kier molecular flexibility index (Phi) is 10.2. The van der Waals surface area contributed by atoms with Crippen LogP contribution in [-0.4, -0.2) is 83.7 Å². The van der Waals surface area contributed by atoms with Crippen LogP contribution in [0.25, 0.3) is 22.2 Å². The van der Waals surface area contributed by atoms with Crippen LogP contribution >= 0.6 is 23.2 Å². The topological polar surface area (TPSA) is 102 Å². The van der Waals surface area contributed by atoms with Gasteiger partial charge in [-0.05, 0) is 23.5 Å². The maximum absolute atomic E-state index is 14.4. The third kappa shape index (κ3) is 7.25. The van der Waals surface area contributed by atoms with Gasteiger partial charge >= 0.3 is 0 Å². The highest BCUT2D eigenvalue weighted by Crippen LogP contribution is 2.45. The van der Waals surface area contributed by atoms with Gasteiger partial charge in [-0.1, -0.05) is 57.5 Å². The van der Waals surface area contributed by atoms with Crippen LogP contribution in [0.3, 0.4) is 0 Å². The number of carbonyl (C=O) groups is 1. The summed E-state index contributed by atoms with van der Waals surface area (Å²) in [5.41, 5.74) is 0.478. The molecule has 43 heavy (non-hydrogen) atoms. The van der Waals surface area contributed by atoms with E-state index >= 15 is 0 Å². The van der Waals surface area contributed by atoms with Crippen molar-refractivity contribution in [3.05, 3.63) is 51.4 Å². The van der Waals surface area contributed by atoms with E-state index in [0.29, 0.717) is 72.4 Å². The van der Waals surface area contributed by atoms with Gasteiger partial charge in [0.25, 0.3) is 5.56 Å². The summed E-state index contributed by atoms with van der Waals surface area (Å²) in [6.45, 7) is 16.1. The van der Waals surface area contributed by atoms with Gasteiger partial charge in [0.05, 0.1) is 29.3 Å². The number of piperazine rings is 1. The molecule has 1 fully saturated rings. The molecule has 0 radical (unpaired) electrons. The highest BCUT2D eigenvalue weighted by molar-refractivity contribution is 6.41. The molecule has 232 valence electrons. The number of nitrogens with one attached hydrogen (secondary N) is 1. The fourth-order valence-corrected chi connectivity index (χ4v) is 5.96. The number of nitrogens with zero attached hydrogens (tertiary/aromatic N) is 5. The fourth-order valence-electron chi connectivity index (χ4n) is 5.28. The van der Waals surface area contributed by atoms with Crippen molar-refractivity contribution >= 4 is 46.1 Å². The number of methoxy groups -OCH3 is 1. The molecule has 12 heteroatoms. The molecular formula is C31H40Cl2N6O4. The van der Waals surface area contributed by atoms with E-state index in [1.807, 2.05) is 13.8 Å². The van der Waals surface area contributed by atoms with Crippen molar-refractivity contribution in [2.45, 2.75) is 34.2 Å². The molecule has 1 aliphatic heterocycles. The number of hydrogen-bond donors (Lipinski definition) is 1. The normalized spacial score (nSPS) is 14.3. The predicted molar refractivity (Wildman–Crippen MR) is 173 cm³/mol. The highest BCUT2D eigenvalue weighted by atomic mass is 35.5. The lowest BCUT2D eigenvalue weighted by molar-refractivity contribution is -0.127. The molecule has 10 nitrogen and oxygen atoms in total. The Bertz CT molecular complexity index is 1560. The number of fused-ring (bicyclic) bond motifs is 1. The van der Waals surface area contributed by atoms with E-state index < -0.39 is 0 Å². The molecule has 4 rings (SSSR count). The average molecular weight is 632 g/mol. The van der Waals surface area contributed by atoms with Gasteiger partial charge in [0.2, 0.25) is 11.9 Å². The van der Waals surface area contributed by atoms with E-state index in [1.165, 1.54) is 13.2 Å². The Morgan fingerprint density at radius 3 is 2.42 bits per heavy atom. The third-order valence-electron chi connectivity index (χ3n) is 7.34. The largest absolute Gasteiger partial charge is 0.495 e. The monoisotopic (exact) mass is 630 g/mol. The quantitative estimate of drug-likeness (QED) is 0.288. The molecule has 0 aliphatic carbocycles. The van der Waals surface area contributed by atoms with Crippen molar-refractivity contribution in [2.24, 2.45) is 11.3 Å². The van der Waals surface area contributed by atoms with Crippen LogP contribution in [0, 0.1) is 11.3 Å². The summed E-state index contributed by atoms with van der Waals surface area (Å²) in [4.78, 5) is 39.6. The van der Waals surface area contributed by atoms with Gasteiger partial charge in [0, 0.05) is 69.5 Å². The van der Waals surface area contributed by atoms with Crippen LogP contribution in [0.4, 0.5) is 5.95 Å². The van der Waals surface area contributed by atoms with Crippen molar-refractivity contribution in [1.29, 1.82) is 0 Å². The van der Waals surface area contributed by atoms with Gasteiger partial charge < -0.3 is 19.7 Å². The van der Waals surface area contributed by atoms with Crippen LogP contribution in [0.2, 0.25) is 10.0 Å². The number of halogens is 2. The summed E-state index contributed by atoms with van der Waals surface area (Å²) >= 11 is 13.7. The molecule has 0 saturated carbocycles. The summed E-state index contributed by atoms with van der Waals surface area (Å²) in [6, 6.07) is 3.36. The summed E-state index contributed by atoms with van der Waals surface area (Å²) in [5.74, 6) is 1.33. The Hall–Kier alpha value is -3.34. The zero-order chi connectivity index (χ0) is 31.5. The number of rotatable bonds is 11. The van der Waals surface area contributed by atoms with Crippen molar-refractivity contribution in [1.82, 2.24) is 24.3 Å². The minimum Gasteiger partial charge on any atom is -0.495 e. The number of carbonyl (C=O) groups excluding carboxylic acids is 1. The standard InChI is InChI=1S/C31H40Cl2N6O4/c1-8-24(40)38-11-9-37(10-12-38)17-31(4,5)18-39-28-20(15-35-30(34-6)36-28)13-21(29(39)41)25-26(32)22(42-7)14-23(27(25)33)43-16-19(2)3/h8,13-15,19H,1,9-12,16-18H2,2-7H3,(H,34,35,36). The van der Waals surface area contributed by atoms with Crippen molar-refractivity contribution in [3.8, 4) is 22.6 Å². The number of anilines is 1. The second-order valence-electron chi connectivity index (χ2n) is 11.9. The summed E-state index contributed by atoms with van der Waals surface area (Å²) < 4.78 is 13.2. The molecule has 3 heterocycles. The maximum Gasteiger partial charge on any atom is 0.260 e. The van der Waals surface area contributed by atoms with Crippen molar-refractivity contribution < 1.29 is 14.3 Å². The highest BCUT2D eigenvalue weighted by Gasteiger charge is 2.29. The summed E-state index contributed by atoms with van der Waals surface area (Å²) in [7, 11) is 3.24. The lowest BCUT2D eigenvalue weighted by atomic mass is 9.91. The van der Waals surface area contributed by atoms with E-state index in [4.69, 9.17) is 32.7 Å². The lowest BCUT2D eigenvalue weighted by Gasteiger charge is -2.39. The number of ether oxygens (including phenoxy) is 2. The second-order valence-corrected chi connectivity index (χ2v) is 12.7. The Morgan fingerprint density at radius 1 is 1.14 bits per heavy atom. The van der Waals surface area contributed by atoms with Crippen molar-refractivity contribution in [2.75, 3.05) is 58.8 Å². The van der Waals surface area contributed by atoms with E-state index in [9.17, 15) is 9.59 Å². The minimum atomic E-state index is -0.349. The number of amides is 1. The predicted octanol–water partition coefficient (Wildman–Crippen LogP) is 5.21. The van der Waals surface area contributed by atoms with E-state index in [2.05, 4.69) is 40.6 Å². The van der Waals surface area contributed by atoms with E-state index in [-0.39, 0.29) is 32.8 Å². The fraction of sp³-hybridized carbons (Fsp3) is 0.484. The first kappa shape index (κ1) is 32.6. The Balaban J connectivity index is 1.80. The van der Waals surface area contributed by atoms with Gasteiger partial charge in [-0.3, -0.25) is 19.1 Å². The van der Waals surface area contributed by atoms with Gasteiger partial charge in [0.15, 0.2) is 0 Å². The molecule has 0 unspecified atom stereocenters. The first-order valence-electron chi connectivity index (χ1n) is 14.3. The van der Waals surface area contributed by atoms with Crippen LogP contribution in [0.15, 0.2) is 35.8 Å². The van der Waals surface area contributed by atoms with Gasteiger partial charge in [0.1, 0.15) is 17.1 Å². The molecule has 0 atom stereocenters. The molecule has 0 spiro atoms. The van der Waals surface area contributed by atoms with E-state index in [1.54, 1.807) is 34.8 Å². The lowest BCUT2D eigenvalue weighted by Crippen LogP contribution is -2.51. The first-order valence-corrected chi connectivity index (χ1v) is 15.1. The minimum absolute atomic E-state index is 0.0543. The maximum atomic E-state index is 14.4. The van der Waals surface area contributed by atoms with Crippen LogP contribution in [0.5, 0.6) is 11.5 Å². The molecular weight excluding hydrogens is 591 g/mol. The third-order valence-corrected chi connectivity index (χ3v) is 8.09. The number of hydrogen-bond acceptors (Lipinski definition) is 8. The Morgan fingerprint density at radius 2 is 1.81 bits per heavy atom. The van der Waals surface area contributed by atoms with Crippen LogP contribution < -0.4 is 20.3 Å². The molecule has 2 aromatic heterocycles. The van der Waals surface area contributed by atoms with Gasteiger partial charge in [-0.25, -0.2) is 4.98 Å². The van der Waals surface area contributed by atoms with Crippen LogP contribution in [-0.2, 0) is 11.3 Å². The number of aromatic nitrogens is 3. The van der Waals surface area contributed by atoms with Gasteiger partial charge in [-0.15, -0.1) is 0 Å². The SMILES string of the molecule is C=CC(=O)N1CCN(CC(C)(C)Cn2c(=O)c(-c3c(Cl)c(OC)cc(OCC(C)C)c3Cl)cc3cnc(NC)nc32)CC1. The molecule has 1 aliphatic rings. The molecule has 0 bridgehead atoms. The molecule has 1 saturated heterocycles. The summed E-state index contributed by atoms with van der Waals surface area (Å²) in [6.07, 6.45) is 3.03. The zero-order valence-corrected chi connectivity index (χ0v) is 27.2. The van der Waals surface area contributed by atoms with Gasteiger partial charge in [-0.2, -0.15) is 4.98 Å². The Labute approximate surface area is 262 Å². The van der Waals surface area contributed by atoms with E-state index in [0.717, 1.165) is 13.1 Å². The van der Waals surface area contributed by atoms with Crippen molar-refractivity contribution in [3.63, 3.8) is 0 Å². The molecule has 1 amide bonds. The molecule has 1 aromatic carbocycles. The smallest absolute Gasteiger partial charge is 0.260 e. The number of benzene rings is 1. The first-order chi connectivity index (χ1) is 20.4.